The second kappa shape index (κ2) is 4.12. The summed E-state index contributed by atoms with van der Waals surface area (Å²) in [5.74, 6) is -2.54. The number of alkyl halides is 2. The number of fused-ring (bicyclic) bond motifs is 1. The molecule has 102 valence electrons. The molecule has 3 heterocycles. The van der Waals surface area contributed by atoms with Crippen molar-refractivity contribution < 1.29 is 8.78 Å². The Morgan fingerprint density at radius 2 is 2.10 bits per heavy atom. The van der Waals surface area contributed by atoms with Crippen molar-refractivity contribution in [2.75, 3.05) is 13.1 Å². The van der Waals surface area contributed by atoms with Gasteiger partial charge in [0.15, 0.2) is 0 Å². The molecule has 2 nitrogen and oxygen atoms in total. The number of thiophene rings is 1. The van der Waals surface area contributed by atoms with Crippen molar-refractivity contribution in [3.63, 3.8) is 0 Å². The highest BCUT2D eigenvalue weighted by atomic mass is 32.1. The van der Waals surface area contributed by atoms with Crippen LogP contribution in [0.3, 0.4) is 0 Å². The molecule has 0 saturated carbocycles. The van der Waals surface area contributed by atoms with E-state index in [1.54, 1.807) is 16.2 Å². The molecular formula is C15H12F2N2S. The van der Waals surface area contributed by atoms with Crippen molar-refractivity contribution in [3.8, 4) is 11.1 Å². The van der Waals surface area contributed by atoms with E-state index >= 15 is 0 Å². The molecule has 2 aromatic rings. The number of halogens is 2. The third kappa shape index (κ3) is 1.85. The third-order valence-electron chi connectivity index (χ3n) is 3.77. The van der Waals surface area contributed by atoms with E-state index in [2.05, 4.69) is 16.4 Å². The lowest BCUT2D eigenvalue weighted by molar-refractivity contribution is -0.105. The minimum Gasteiger partial charge on any atom is -0.359 e. The van der Waals surface area contributed by atoms with E-state index in [1.165, 1.54) is 0 Å². The summed E-state index contributed by atoms with van der Waals surface area (Å²) >= 11 is 1.64. The first-order chi connectivity index (χ1) is 9.62. The first-order valence-corrected chi connectivity index (χ1v) is 7.41. The highest BCUT2D eigenvalue weighted by molar-refractivity contribution is 7.08. The normalized spacial score (nSPS) is 19.5. The van der Waals surface area contributed by atoms with Crippen molar-refractivity contribution in [1.29, 1.82) is 0 Å². The van der Waals surface area contributed by atoms with Gasteiger partial charge in [-0.3, -0.25) is 4.98 Å². The molecule has 0 amide bonds. The molecule has 1 saturated heterocycles. The van der Waals surface area contributed by atoms with Gasteiger partial charge in [0, 0.05) is 29.4 Å². The van der Waals surface area contributed by atoms with Gasteiger partial charge in [0.25, 0.3) is 5.92 Å². The molecule has 1 aliphatic heterocycles. The highest BCUT2D eigenvalue weighted by Gasteiger charge is 2.45. The van der Waals surface area contributed by atoms with Crippen molar-refractivity contribution in [2.45, 2.75) is 12.3 Å². The Kier molecular flexibility index (Phi) is 2.48. The number of allylic oxidation sites excluding steroid dienone is 1. The zero-order chi connectivity index (χ0) is 13.7. The number of hydrogen-bond donors (Lipinski definition) is 0. The number of likely N-dealkylation sites (tertiary alicyclic amines) is 1. The Bertz CT molecular complexity index is 684. The maximum Gasteiger partial charge on any atom is 0.282 e. The second-order valence-corrected chi connectivity index (χ2v) is 6.02. The van der Waals surface area contributed by atoms with Gasteiger partial charge in [0.05, 0.1) is 18.8 Å². The molecule has 0 aromatic carbocycles. The standard InChI is InChI=1S/C15H12F2N2S/c16-15(17)8-19(9-15)14-2-1-13-12(14)5-11(6-18-13)10-3-4-20-7-10/h2-7H,1,8-9H2. The smallest absolute Gasteiger partial charge is 0.282 e. The van der Waals surface area contributed by atoms with Crippen LogP contribution in [0, 0.1) is 0 Å². The Labute approximate surface area is 119 Å². The van der Waals surface area contributed by atoms with E-state index in [-0.39, 0.29) is 13.1 Å². The van der Waals surface area contributed by atoms with E-state index in [9.17, 15) is 8.78 Å². The Hall–Kier alpha value is -1.75. The maximum absolute atomic E-state index is 13.0. The van der Waals surface area contributed by atoms with E-state index in [1.807, 2.05) is 23.7 Å². The molecule has 0 bridgehead atoms. The van der Waals surface area contributed by atoms with Gasteiger partial charge in [-0.05, 0) is 28.5 Å². The van der Waals surface area contributed by atoms with Gasteiger partial charge in [-0.1, -0.05) is 6.08 Å². The quantitative estimate of drug-likeness (QED) is 0.839. The molecular weight excluding hydrogens is 278 g/mol. The molecule has 20 heavy (non-hydrogen) atoms. The minimum atomic E-state index is -2.54. The first-order valence-electron chi connectivity index (χ1n) is 6.47. The molecule has 0 unspecified atom stereocenters. The lowest BCUT2D eigenvalue weighted by Gasteiger charge is -2.41. The topological polar surface area (TPSA) is 16.1 Å². The molecule has 0 radical (unpaired) electrons. The Morgan fingerprint density at radius 1 is 1.25 bits per heavy atom. The van der Waals surface area contributed by atoms with Crippen molar-refractivity contribution in [2.24, 2.45) is 0 Å². The molecule has 2 aliphatic rings. The number of rotatable bonds is 2. The Balaban J connectivity index is 1.68. The van der Waals surface area contributed by atoms with Gasteiger partial charge in [0.2, 0.25) is 0 Å². The largest absolute Gasteiger partial charge is 0.359 e. The summed E-state index contributed by atoms with van der Waals surface area (Å²) in [6.45, 7) is -0.359. The molecule has 1 fully saturated rings. The molecule has 2 aromatic heterocycles. The molecule has 1 aliphatic carbocycles. The van der Waals surface area contributed by atoms with Crippen LogP contribution in [0.25, 0.3) is 16.8 Å². The van der Waals surface area contributed by atoms with Crippen molar-refractivity contribution >= 4 is 17.0 Å². The maximum atomic E-state index is 13.0. The summed E-state index contributed by atoms with van der Waals surface area (Å²) in [7, 11) is 0. The predicted octanol–water partition coefficient (Wildman–Crippen LogP) is 3.66. The van der Waals surface area contributed by atoms with Gasteiger partial charge >= 0.3 is 0 Å². The van der Waals surface area contributed by atoms with Crippen LogP contribution in [-0.4, -0.2) is 28.9 Å². The molecule has 0 spiro atoms. The highest BCUT2D eigenvalue weighted by Crippen LogP contribution is 2.39. The van der Waals surface area contributed by atoms with Gasteiger partial charge in [0.1, 0.15) is 0 Å². The van der Waals surface area contributed by atoms with Crippen LogP contribution < -0.4 is 0 Å². The van der Waals surface area contributed by atoms with Gasteiger partial charge in [-0.15, -0.1) is 0 Å². The van der Waals surface area contributed by atoms with Crippen molar-refractivity contribution in [1.82, 2.24) is 9.88 Å². The zero-order valence-corrected chi connectivity index (χ0v) is 11.5. The number of hydrogen-bond acceptors (Lipinski definition) is 3. The summed E-state index contributed by atoms with van der Waals surface area (Å²) in [6, 6.07) is 4.11. The van der Waals surface area contributed by atoms with Crippen LogP contribution in [0.5, 0.6) is 0 Å². The number of pyridine rings is 1. The predicted molar refractivity (Wildman–Crippen MR) is 75.8 cm³/mol. The zero-order valence-electron chi connectivity index (χ0n) is 10.6. The summed E-state index contributed by atoms with van der Waals surface area (Å²) in [5, 5.41) is 4.09. The first kappa shape index (κ1) is 12.0. The summed E-state index contributed by atoms with van der Waals surface area (Å²) in [6.07, 6.45) is 4.60. The average Bonchev–Trinajstić information content (AvgIpc) is 3.04. The van der Waals surface area contributed by atoms with Gasteiger partial charge in [-0.2, -0.15) is 11.3 Å². The third-order valence-corrected chi connectivity index (χ3v) is 4.46. The van der Waals surface area contributed by atoms with Crippen molar-refractivity contribution in [3.05, 3.63) is 46.4 Å². The van der Waals surface area contributed by atoms with E-state index < -0.39 is 5.92 Å². The SMILES string of the molecule is FC1(F)CN(C2=CCc3ncc(-c4ccsc4)cc32)C1. The molecule has 5 heteroatoms. The van der Waals surface area contributed by atoms with E-state index in [0.717, 1.165) is 34.5 Å². The lowest BCUT2D eigenvalue weighted by atomic mass is 10.0. The van der Waals surface area contributed by atoms with Gasteiger partial charge < -0.3 is 4.90 Å². The average molecular weight is 290 g/mol. The monoisotopic (exact) mass is 290 g/mol. The fraction of sp³-hybridized carbons (Fsp3) is 0.267. The number of nitrogens with zero attached hydrogens (tertiary/aromatic N) is 2. The molecule has 0 atom stereocenters. The van der Waals surface area contributed by atoms with Crippen LogP contribution in [0.15, 0.2) is 35.2 Å². The van der Waals surface area contributed by atoms with Crippen LogP contribution >= 0.6 is 11.3 Å². The number of aromatic nitrogens is 1. The van der Waals surface area contributed by atoms with Gasteiger partial charge in [-0.25, -0.2) is 8.78 Å². The Morgan fingerprint density at radius 3 is 2.80 bits per heavy atom. The fourth-order valence-corrected chi connectivity index (χ4v) is 3.41. The summed E-state index contributed by atoms with van der Waals surface area (Å²) in [4.78, 5) is 6.22. The molecule has 4 rings (SSSR count). The molecule has 0 N–H and O–H groups in total. The fourth-order valence-electron chi connectivity index (χ4n) is 2.75. The summed E-state index contributed by atoms with van der Waals surface area (Å²) in [5.41, 5.74) is 5.07. The second-order valence-electron chi connectivity index (χ2n) is 5.24. The van der Waals surface area contributed by atoms with E-state index in [4.69, 9.17) is 0 Å². The summed E-state index contributed by atoms with van der Waals surface area (Å²) < 4.78 is 26.1. The van der Waals surface area contributed by atoms with Crippen LogP contribution in [-0.2, 0) is 6.42 Å². The lowest BCUT2D eigenvalue weighted by Crippen LogP contribution is -2.54. The minimum absolute atomic E-state index is 0.180. The van der Waals surface area contributed by atoms with E-state index in [0.29, 0.717) is 0 Å². The van der Waals surface area contributed by atoms with Crippen LogP contribution in [0.2, 0.25) is 0 Å². The van der Waals surface area contributed by atoms with Crippen LogP contribution in [0.4, 0.5) is 8.78 Å². The van der Waals surface area contributed by atoms with Crippen LogP contribution in [0.1, 0.15) is 11.3 Å².